The largest absolute Gasteiger partial charge is 0.383 e. The second kappa shape index (κ2) is 6.12. The summed E-state index contributed by atoms with van der Waals surface area (Å²) in [6, 6.07) is 7.56. The molecular formula is C17H22N4O2. The zero-order valence-corrected chi connectivity index (χ0v) is 13.7. The number of aromatic nitrogens is 1. The number of non-ortho nitro benzene ring substituents is 1. The Kier molecular flexibility index (Phi) is 4.17. The average molecular weight is 314 g/mol. The molecule has 1 aromatic carbocycles. The molecular weight excluding hydrogens is 292 g/mol. The van der Waals surface area contributed by atoms with E-state index in [1.165, 1.54) is 18.9 Å². The number of para-hydroxylation sites is 1. The summed E-state index contributed by atoms with van der Waals surface area (Å²) in [6.45, 7) is 2.70. The van der Waals surface area contributed by atoms with E-state index < -0.39 is 0 Å². The summed E-state index contributed by atoms with van der Waals surface area (Å²) in [5.74, 6) is 0.751. The SMILES string of the molecule is Cc1cc(NCC(C2CC2)N(C)C)c2cccc([N+](=O)[O-])c2n1. The molecule has 0 bridgehead atoms. The number of anilines is 1. The maximum Gasteiger partial charge on any atom is 0.295 e. The lowest BCUT2D eigenvalue weighted by Gasteiger charge is -2.25. The average Bonchev–Trinajstić information content (AvgIpc) is 3.30. The van der Waals surface area contributed by atoms with Crippen molar-refractivity contribution in [3.63, 3.8) is 0 Å². The number of nitrogens with zero attached hydrogens (tertiary/aromatic N) is 3. The number of fused-ring (bicyclic) bond motifs is 1. The highest BCUT2D eigenvalue weighted by atomic mass is 16.6. The van der Waals surface area contributed by atoms with Gasteiger partial charge in [-0.15, -0.1) is 0 Å². The molecule has 0 spiro atoms. The van der Waals surface area contributed by atoms with E-state index >= 15 is 0 Å². The molecule has 1 aliphatic rings. The topological polar surface area (TPSA) is 71.3 Å². The molecule has 6 nitrogen and oxygen atoms in total. The van der Waals surface area contributed by atoms with Crippen LogP contribution in [0.25, 0.3) is 10.9 Å². The van der Waals surface area contributed by atoms with Gasteiger partial charge >= 0.3 is 0 Å². The Morgan fingerprint density at radius 1 is 1.43 bits per heavy atom. The Morgan fingerprint density at radius 2 is 2.17 bits per heavy atom. The third kappa shape index (κ3) is 3.27. The normalized spacial score (nSPS) is 15.8. The number of nitro benzene ring substituents is 1. The fourth-order valence-corrected chi connectivity index (χ4v) is 3.12. The van der Waals surface area contributed by atoms with Crippen molar-refractivity contribution in [1.29, 1.82) is 0 Å². The fourth-order valence-electron chi connectivity index (χ4n) is 3.12. The van der Waals surface area contributed by atoms with Gasteiger partial charge in [0.25, 0.3) is 5.69 Å². The van der Waals surface area contributed by atoms with Crippen LogP contribution in [0.5, 0.6) is 0 Å². The summed E-state index contributed by atoms with van der Waals surface area (Å²) in [5, 5.41) is 15.5. The Labute approximate surface area is 135 Å². The molecule has 0 aliphatic heterocycles. The molecule has 1 heterocycles. The quantitative estimate of drug-likeness (QED) is 0.655. The number of likely N-dealkylation sites (N-methyl/N-ethyl adjacent to an activating group) is 1. The Balaban J connectivity index is 1.94. The molecule has 122 valence electrons. The number of benzene rings is 1. The lowest BCUT2D eigenvalue weighted by molar-refractivity contribution is -0.383. The van der Waals surface area contributed by atoms with E-state index in [0.717, 1.165) is 29.2 Å². The van der Waals surface area contributed by atoms with Crippen molar-refractivity contribution in [2.45, 2.75) is 25.8 Å². The van der Waals surface area contributed by atoms with E-state index in [2.05, 4.69) is 29.3 Å². The molecule has 1 N–H and O–H groups in total. The van der Waals surface area contributed by atoms with Crippen LogP contribution in [0.4, 0.5) is 11.4 Å². The Bertz CT molecular complexity index is 739. The molecule has 2 aromatic rings. The van der Waals surface area contributed by atoms with Gasteiger partial charge in [-0.1, -0.05) is 12.1 Å². The number of hydrogen-bond acceptors (Lipinski definition) is 5. The lowest BCUT2D eigenvalue weighted by Crippen LogP contribution is -2.36. The summed E-state index contributed by atoms with van der Waals surface area (Å²) in [5.41, 5.74) is 2.21. The number of hydrogen-bond donors (Lipinski definition) is 1. The van der Waals surface area contributed by atoms with Crippen LogP contribution in [0.15, 0.2) is 24.3 Å². The zero-order valence-electron chi connectivity index (χ0n) is 13.7. The first kappa shape index (κ1) is 15.7. The maximum atomic E-state index is 11.2. The minimum Gasteiger partial charge on any atom is -0.383 e. The van der Waals surface area contributed by atoms with E-state index in [4.69, 9.17) is 0 Å². The molecule has 0 radical (unpaired) electrons. The van der Waals surface area contributed by atoms with Gasteiger partial charge in [-0.2, -0.15) is 0 Å². The molecule has 0 amide bonds. The van der Waals surface area contributed by atoms with Gasteiger partial charge in [-0.05, 0) is 45.8 Å². The summed E-state index contributed by atoms with van der Waals surface area (Å²) in [4.78, 5) is 17.5. The molecule has 23 heavy (non-hydrogen) atoms. The lowest BCUT2D eigenvalue weighted by atomic mass is 10.1. The standard InChI is InChI=1S/C17H22N4O2/c1-11-9-14(18-10-16(20(2)3)12-7-8-12)13-5-4-6-15(21(22)23)17(13)19-11/h4-6,9,12,16H,7-8,10H2,1-3H3,(H,18,19). The predicted octanol–water partition coefficient (Wildman–Crippen LogP) is 3.20. The van der Waals surface area contributed by atoms with E-state index in [1.54, 1.807) is 6.07 Å². The number of rotatable bonds is 6. The molecule has 1 fully saturated rings. The highest BCUT2D eigenvalue weighted by molar-refractivity contribution is 5.96. The molecule has 1 atom stereocenters. The van der Waals surface area contributed by atoms with E-state index in [9.17, 15) is 10.1 Å². The fraction of sp³-hybridized carbons (Fsp3) is 0.471. The first-order valence-corrected chi connectivity index (χ1v) is 7.92. The first-order chi connectivity index (χ1) is 11.0. The number of aryl methyl sites for hydroxylation is 1. The molecule has 3 rings (SSSR count). The van der Waals surface area contributed by atoms with Crippen LogP contribution in [-0.4, -0.2) is 41.5 Å². The van der Waals surface area contributed by atoms with E-state index in [-0.39, 0.29) is 10.6 Å². The first-order valence-electron chi connectivity index (χ1n) is 7.92. The van der Waals surface area contributed by atoms with Crippen molar-refractivity contribution in [2.75, 3.05) is 26.0 Å². The molecule has 1 saturated carbocycles. The summed E-state index contributed by atoms with van der Waals surface area (Å²) in [6.07, 6.45) is 2.57. The number of nitro groups is 1. The van der Waals surface area contributed by atoms with Crippen molar-refractivity contribution in [3.05, 3.63) is 40.1 Å². The summed E-state index contributed by atoms with van der Waals surface area (Å²) >= 11 is 0. The highest BCUT2D eigenvalue weighted by Crippen LogP contribution is 2.35. The highest BCUT2D eigenvalue weighted by Gasteiger charge is 2.32. The van der Waals surface area contributed by atoms with Crippen molar-refractivity contribution in [3.8, 4) is 0 Å². The Morgan fingerprint density at radius 3 is 2.78 bits per heavy atom. The van der Waals surface area contributed by atoms with Crippen molar-refractivity contribution >= 4 is 22.3 Å². The van der Waals surface area contributed by atoms with Crippen LogP contribution in [0.1, 0.15) is 18.5 Å². The van der Waals surface area contributed by atoms with Crippen molar-refractivity contribution < 1.29 is 4.92 Å². The van der Waals surface area contributed by atoms with E-state index in [0.29, 0.717) is 11.6 Å². The van der Waals surface area contributed by atoms with Crippen molar-refractivity contribution in [1.82, 2.24) is 9.88 Å². The molecule has 1 aromatic heterocycles. The van der Waals surface area contributed by atoms with Gasteiger partial charge in [0.2, 0.25) is 0 Å². The maximum absolute atomic E-state index is 11.2. The van der Waals surface area contributed by atoms with Gasteiger partial charge < -0.3 is 10.2 Å². The minimum atomic E-state index is -0.370. The second-order valence-electron chi connectivity index (χ2n) is 6.49. The summed E-state index contributed by atoms with van der Waals surface area (Å²) in [7, 11) is 4.21. The predicted molar refractivity (Wildman–Crippen MR) is 91.8 cm³/mol. The molecule has 1 aliphatic carbocycles. The van der Waals surface area contributed by atoms with Crippen LogP contribution in [0.2, 0.25) is 0 Å². The Hall–Kier alpha value is -2.21. The zero-order chi connectivity index (χ0) is 16.6. The molecule has 0 saturated heterocycles. The second-order valence-corrected chi connectivity index (χ2v) is 6.49. The van der Waals surface area contributed by atoms with Crippen LogP contribution >= 0.6 is 0 Å². The van der Waals surface area contributed by atoms with Gasteiger partial charge in [0.1, 0.15) is 0 Å². The molecule has 1 unspecified atom stereocenters. The van der Waals surface area contributed by atoms with Gasteiger partial charge in [-0.25, -0.2) is 4.98 Å². The van der Waals surface area contributed by atoms with Crippen LogP contribution < -0.4 is 5.32 Å². The number of pyridine rings is 1. The van der Waals surface area contributed by atoms with Crippen LogP contribution in [-0.2, 0) is 0 Å². The molecule has 6 heteroatoms. The third-order valence-electron chi connectivity index (χ3n) is 4.47. The van der Waals surface area contributed by atoms with Crippen LogP contribution in [0, 0.1) is 23.0 Å². The smallest absolute Gasteiger partial charge is 0.295 e. The third-order valence-corrected chi connectivity index (χ3v) is 4.47. The van der Waals surface area contributed by atoms with E-state index in [1.807, 2.05) is 19.1 Å². The van der Waals surface area contributed by atoms with Gasteiger partial charge in [0, 0.05) is 35.4 Å². The van der Waals surface area contributed by atoms with Crippen molar-refractivity contribution in [2.24, 2.45) is 5.92 Å². The van der Waals surface area contributed by atoms with Crippen LogP contribution in [0.3, 0.4) is 0 Å². The summed E-state index contributed by atoms with van der Waals surface area (Å²) < 4.78 is 0. The number of nitrogens with one attached hydrogen (secondary N) is 1. The van der Waals surface area contributed by atoms with Gasteiger partial charge in [0.15, 0.2) is 5.52 Å². The monoisotopic (exact) mass is 314 g/mol. The minimum absolute atomic E-state index is 0.0561. The van der Waals surface area contributed by atoms with Gasteiger partial charge in [-0.3, -0.25) is 10.1 Å². The van der Waals surface area contributed by atoms with Gasteiger partial charge in [0.05, 0.1) is 4.92 Å².